The lowest BCUT2D eigenvalue weighted by atomic mass is 10.2. The average molecular weight is 299 g/mol. The fourth-order valence-electron chi connectivity index (χ4n) is 2.29. The van der Waals surface area contributed by atoms with Gasteiger partial charge in [0.05, 0.1) is 19.2 Å². The molecule has 0 aliphatic carbocycles. The topological polar surface area (TPSA) is 59.6 Å². The number of amides is 1. The number of hydrogen-bond donors (Lipinski definition) is 2. The van der Waals surface area contributed by atoms with E-state index >= 15 is 0 Å². The van der Waals surface area contributed by atoms with E-state index in [9.17, 15) is 4.79 Å². The van der Waals surface area contributed by atoms with Crippen LogP contribution in [0.1, 0.15) is 18.4 Å². The molecule has 1 atom stereocenters. The standard InChI is InChI=1S/C14H19ClN2O3/c1-19-12-6-9(5-11(15)14(12)20-2)7-16-8-10-3-4-13(18)17-10/h5-6,10,16H,3-4,7-8H2,1-2H3,(H,17,18). The van der Waals surface area contributed by atoms with Gasteiger partial charge in [0, 0.05) is 25.6 Å². The molecule has 1 aromatic carbocycles. The fraction of sp³-hybridized carbons (Fsp3) is 0.500. The summed E-state index contributed by atoms with van der Waals surface area (Å²) in [5.41, 5.74) is 1.01. The summed E-state index contributed by atoms with van der Waals surface area (Å²) in [5.74, 6) is 1.29. The molecule has 110 valence electrons. The molecule has 2 rings (SSSR count). The molecule has 20 heavy (non-hydrogen) atoms. The van der Waals surface area contributed by atoms with Crippen molar-refractivity contribution < 1.29 is 14.3 Å². The van der Waals surface area contributed by atoms with E-state index in [4.69, 9.17) is 21.1 Å². The fourth-order valence-corrected chi connectivity index (χ4v) is 2.60. The molecule has 1 aromatic rings. The van der Waals surface area contributed by atoms with Crippen LogP contribution in [0.5, 0.6) is 11.5 Å². The van der Waals surface area contributed by atoms with Gasteiger partial charge in [-0.05, 0) is 24.1 Å². The van der Waals surface area contributed by atoms with Crippen LogP contribution in [0.2, 0.25) is 5.02 Å². The summed E-state index contributed by atoms with van der Waals surface area (Å²) in [6.45, 7) is 1.41. The van der Waals surface area contributed by atoms with Crippen LogP contribution in [0.15, 0.2) is 12.1 Å². The number of methoxy groups -OCH3 is 2. The second-order valence-electron chi connectivity index (χ2n) is 4.75. The summed E-state index contributed by atoms with van der Waals surface area (Å²) in [6, 6.07) is 3.96. The Morgan fingerprint density at radius 3 is 2.80 bits per heavy atom. The summed E-state index contributed by atoms with van der Waals surface area (Å²) < 4.78 is 10.5. The van der Waals surface area contributed by atoms with Gasteiger partial charge in [0.25, 0.3) is 0 Å². The van der Waals surface area contributed by atoms with Gasteiger partial charge in [-0.15, -0.1) is 0 Å². The number of nitrogens with one attached hydrogen (secondary N) is 2. The zero-order valence-corrected chi connectivity index (χ0v) is 12.4. The third kappa shape index (κ3) is 3.55. The molecule has 1 amide bonds. The molecule has 5 nitrogen and oxygen atoms in total. The monoisotopic (exact) mass is 298 g/mol. The van der Waals surface area contributed by atoms with Crippen molar-refractivity contribution >= 4 is 17.5 Å². The number of hydrogen-bond acceptors (Lipinski definition) is 4. The van der Waals surface area contributed by atoms with Gasteiger partial charge in [0.15, 0.2) is 11.5 Å². The molecule has 0 bridgehead atoms. The van der Waals surface area contributed by atoms with Crippen molar-refractivity contribution in [3.63, 3.8) is 0 Å². The second-order valence-corrected chi connectivity index (χ2v) is 5.15. The van der Waals surface area contributed by atoms with E-state index in [2.05, 4.69) is 10.6 Å². The highest BCUT2D eigenvalue weighted by atomic mass is 35.5. The highest BCUT2D eigenvalue weighted by molar-refractivity contribution is 6.32. The number of rotatable bonds is 6. The molecule has 2 N–H and O–H groups in total. The van der Waals surface area contributed by atoms with Gasteiger partial charge in [-0.2, -0.15) is 0 Å². The SMILES string of the molecule is COc1cc(CNCC2CCC(=O)N2)cc(Cl)c1OC. The molecule has 6 heteroatoms. The lowest BCUT2D eigenvalue weighted by Crippen LogP contribution is -2.35. The molecule has 0 saturated carbocycles. The predicted octanol–water partition coefficient (Wildman–Crippen LogP) is 1.73. The number of halogens is 1. The normalized spacial score (nSPS) is 17.9. The van der Waals surface area contributed by atoms with Crippen LogP contribution in [0.4, 0.5) is 0 Å². The third-order valence-electron chi connectivity index (χ3n) is 3.30. The first-order valence-electron chi connectivity index (χ1n) is 6.54. The van der Waals surface area contributed by atoms with Crippen molar-refractivity contribution in [1.29, 1.82) is 0 Å². The maximum atomic E-state index is 11.1. The highest BCUT2D eigenvalue weighted by Gasteiger charge is 2.20. The lowest BCUT2D eigenvalue weighted by Gasteiger charge is -2.14. The Hall–Kier alpha value is -1.46. The maximum absolute atomic E-state index is 11.1. The summed E-state index contributed by atoms with van der Waals surface area (Å²) in [5, 5.41) is 6.76. The van der Waals surface area contributed by atoms with Gasteiger partial charge in [-0.3, -0.25) is 4.79 Å². The van der Waals surface area contributed by atoms with E-state index in [0.29, 0.717) is 29.5 Å². The van der Waals surface area contributed by atoms with E-state index < -0.39 is 0 Å². The van der Waals surface area contributed by atoms with E-state index in [-0.39, 0.29) is 11.9 Å². The summed E-state index contributed by atoms with van der Waals surface area (Å²) in [6.07, 6.45) is 1.51. The second kappa shape index (κ2) is 6.81. The van der Waals surface area contributed by atoms with Crippen molar-refractivity contribution in [1.82, 2.24) is 10.6 Å². The third-order valence-corrected chi connectivity index (χ3v) is 3.58. The zero-order valence-electron chi connectivity index (χ0n) is 11.7. The Balaban J connectivity index is 1.92. The van der Waals surface area contributed by atoms with Crippen LogP contribution >= 0.6 is 11.6 Å². The van der Waals surface area contributed by atoms with Crippen LogP contribution in [0, 0.1) is 0 Å². The van der Waals surface area contributed by atoms with Crippen molar-refractivity contribution in [2.45, 2.75) is 25.4 Å². The summed E-state index contributed by atoms with van der Waals surface area (Å²) in [4.78, 5) is 11.1. The van der Waals surface area contributed by atoms with Gasteiger partial charge >= 0.3 is 0 Å². The Morgan fingerprint density at radius 1 is 1.40 bits per heavy atom. The van der Waals surface area contributed by atoms with Crippen LogP contribution in [0.3, 0.4) is 0 Å². The number of carbonyl (C=O) groups excluding carboxylic acids is 1. The molecule has 0 spiro atoms. The first-order chi connectivity index (χ1) is 9.63. The highest BCUT2D eigenvalue weighted by Crippen LogP contribution is 2.35. The Labute approximate surface area is 123 Å². The Morgan fingerprint density at radius 2 is 2.20 bits per heavy atom. The molecule has 1 heterocycles. The molecular weight excluding hydrogens is 280 g/mol. The Kier molecular flexibility index (Phi) is 5.09. The molecule has 1 fully saturated rings. The minimum absolute atomic E-state index is 0.131. The Bertz CT molecular complexity index is 494. The van der Waals surface area contributed by atoms with E-state index in [1.165, 1.54) is 0 Å². The van der Waals surface area contributed by atoms with Crippen LogP contribution in [-0.2, 0) is 11.3 Å². The number of ether oxygens (including phenoxy) is 2. The van der Waals surface area contributed by atoms with Crippen molar-refractivity contribution in [3.05, 3.63) is 22.7 Å². The lowest BCUT2D eigenvalue weighted by molar-refractivity contribution is -0.119. The largest absolute Gasteiger partial charge is 0.493 e. The first-order valence-corrected chi connectivity index (χ1v) is 6.92. The van der Waals surface area contributed by atoms with Crippen LogP contribution in [-0.4, -0.2) is 32.7 Å². The van der Waals surface area contributed by atoms with Gasteiger partial charge in [0.2, 0.25) is 5.91 Å². The molecule has 1 aliphatic heterocycles. The van der Waals surface area contributed by atoms with Gasteiger partial charge in [-0.1, -0.05) is 11.6 Å². The van der Waals surface area contributed by atoms with Gasteiger partial charge in [0.1, 0.15) is 0 Å². The zero-order chi connectivity index (χ0) is 14.5. The van der Waals surface area contributed by atoms with Crippen molar-refractivity contribution in [2.75, 3.05) is 20.8 Å². The first kappa shape index (κ1) is 14.9. The summed E-state index contributed by atoms with van der Waals surface area (Å²) in [7, 11) is 3.14. The van der Waals surface area contributed by atoms with Crippen molar-refractivity contribution in [3.8, 4) is 11.5 Å². The van der Waals surface area contributed by atoms with Crippen LogP contribution < -0.4 is 20.1 Å². The molecule has 0 aromatic heterocycles. The minimum Gasteiger partial charge on any atom is -0.493 e. The molecule has 1 aliphatic rings. The number of carbonyl (C=O) groups is 1. The average Bonchev–Trinajstić information content (AvgIpc) is 2.83. The maximum Gasteiger partial charge on any atom is 0.220 e. The molecule has 0 radical (unpaired) electrons. The molecular formula is C14H19ClN2O3. The minimum atomic E-state index is 0.131. The van der Waals surface area contributed by atoms with Gasteiger partial charge in [-0.25, -0.2) is 0 Å². The van der Waals surface area contributed by atoms with Crippen molar-refractivity contribution in [2.24, 2.45) is 0 Å². The van der Waals surface area contributed by atoms with E-state index in [1.807, 2.05) is 12.1 Å². The van der Waals surface area contributed by atoms with E-state index in [0.717, 1.165) is 18.5 Å². The van der Waals surface area contributed by atoms with Crippen LogP contribution in [0.25, 0.3) is 0 Å². The predicted molar refractivity (Wildman–Crippen MR) is 77.4 cm³/mol. The molecule has 1 unspecified atom stereocenters. The molecule has 1 saturated heterocycles. The van der Waals surface area contributed by atoms with Gasteiger partial charge < -0.3 is 20.1 Å². The van der Waals surface area contributed by atoms with E-state index in [1.54, 1.807) is 14.2 Å². The smallest absolute Gasteiger partial charge is 0.220 e. The number of benzene rings is 1. The summed E-state index contributed by atoms with van der Waals surface area (Å²) >= 11 is 6.15. The quantitative estimate of drug-likeness (QED) is 0.840.